The van der Waals surface area contributed by atoms with Crippen LogP contribution in [0.15, 0.2) is 71.6 Å². The fourth-order valence-corrected chi connectivity index (χ4v) is 4.24. The Bertz CT molecular complexity index is 1060. The van der Waals surface area contributed by atoms with Crippen LogP contribution >= 0.6 is 11.8 Å². The molecule has 166 valence electrons. The van der Waals surface area contributed by atoms with Gasteiger partial charge in [0.2, 0.25) is 0 Å². The van der Waals surface area contributed by atoms with E-state index in [-0.39, 0.29) is 18.3 Å². The van der Waals surface area contributed by atoms with E-state index in [0.29, 0.717) is 5.69 Å². The van der Waals surface area contributed by atoms with Crippen LogP contribution in [0.1, 0.15) is 5.56 Å². The summed E-state index contributed by atoms with van der Waals surface area (Å²) in [6.07, 6.45) is 0. The lowest BCUT2D eigenvalue weighted by atomic mass is 10.1. The minimum absolute atomic E-state index is 0.155. The smallest absolute Gasteiger partial charge is 0.316 e. The minimum atomic E-state index is -0.417. The molecule has 1 amide bonds. The van der Waals surface area contributed by atoms with Crippen molar-refractivity contribution in [3.05, 3.63) is 72.3 Å². The zero-order valence-corrected chi connectivity index (χ0v) is 18.6. The van der Waals surface area contributed by atoms with Gasteiger partial charge in [0.05, 0.1) is 19.0 Å². The van der Waals surface area contributed by atoms with Crippen molar-refractivity contribution in [1.82, 2.24) is 4.90 Å². The molecular weight excluding hydrogens is 424 g/mol. The third kappa shape index (κ3) is 6.56. The highest BCUT2D eigenvalue weighted by molar-refractivity contribution is 8.00. The Hall–Kier alpha value is -2.87. The first-order valence-electron chi connectivity index (χ1n) is 10.6. The van der Waals surface area contributed by atoms with Crippen LogP contribution in [-0.4, -0.2) is 55.4 Å². The van der Waals surface area contributed by atoms with Crippen LogP contribution in [-0.2, 0) is 25.6 Å². The fourth-order valence-electron chi connectivity index (χ4n) is 3.50. The summed E-state index contributed by atoms with van der Waals surface area (Å²) in [6, 6.07) is 21.9. The van der Waals surface area contributed by atoms with E-state index in [2.05, 4.69) is 10.2 Å². The molecule has 0 aliphatic carbocycles. The lowest BCUT2D eigenvalue weighted by Gasteiger charge is -2.26. The van der Waals surface area contributed by atoms with E-state index in [9.17, 15) is 9.59 Å². The van der Waals surface area contributed by atoms with Crippen molar-refractivity contribution in [3.8, 4) is 0 Å². The molecule has 1 saturated heterocycles. The summed E-state index contributed by atoms with van der Waals surface area (Å²) < 4.78 is 10.5. The van der Waals surface area contributed by atoms with Gasteiger partial charge in [-0.15, -0.1) is 11.8 Å². The Labute approximate surface area is 191 Å². The molecule has 1 heterocycles. The summed E-state index contributed by atoms with van der Waals surface area (Å²) >= 11 is 1.40. The van der Waals surface area contributed by atoms with E-state index in [0.717, 1.165) is 48.5 Å². The van der Waals surface area contributed by atoms with Gasteiger partial charge in [-0.05, 0) is 40.6 Å². The second-order valence-corrected chi connectivity index (χ2v) is 8.64. The van der Waals surface area contributed by atoms with Crippen LogP contribution in [0.4, 0.5) is 5.69 Å². The Balaban J connectivity index is 1.18. The second kappa shape index (κ2) is 11.1. The number of carbonyl (C=O) groups is 2. The highest BCUT2D eigenvalue weighted by atomic mass is 32.2. The summed E-state index contributed by atoms with van der Waals surface area (Å²) in [4.78, 5) is 27.5. The molecule has 7 heteroatoms. The Morgan fingerprint density at radius 1 is 0.969 bits per heavy atom. The zero-order valence-electron chi connectivity index (χ0n) is 17.8. The van der Waals surface area contributed by atoms with Gasteiger partial charge in [-0.2, -0.15) is 0 Å². The number of carbonyl (C=O) groups excluding carboxylic acids is 2. The summed E-state index contributed by atoms with van der Waals surface area (Å²) in [5, 5.41) is 5.05. The van der Waals surface area contributed by atoms with Crippen LogP contribution in [0, 0.1) is 0 Å². The summed E-state index contributed by atoms with van der Waals surface area (Å²) in [6.45, 7) is 3.98. The van der Waals surface area contributed by atoms with E-state index in [1.165, 1.54) is 17.3 Å². The van der Waals surface area contributed by atoms with Crippen LogP contribution in [0.5, 0.6) is 0 Å². The highest BCUT2D eigenvalue weighted by Crippen LogP contribution is 2.23. The molecule has 0 bridgehead atoms. The maximum atomic E-state index is 12.1. The number of morpholine rings is 1. The fraction of sp³-hybridized carbons (Fsp3) is 0.280. The van der Waals surface area contributed by atoms with Crippen LogP contribution < -0.4 is 5.32 Å². The van der Waals surface area contributed by atoms with Crippen LogP contribution in [0.25, 0.3) is 10.8 Å². The molecule has 4 rings (SSSR count). The number of hydrogen-bond donors (Lipinski definition) is 1. The number of fused-ring (bicyclic) bond motifs is 1. The summed E-state index contributed by atoms with van der Waals surface area (Å²) in [7, 11) is 0. The van der Waals surface area contributed by atoms with Crippen molar-refractivity contribution < 1.29 is 19.1 Å². The average Bonchev–Trinajstić information content (AvgIpc) is 2.83. The molecule has 0 saturated carbocycles. The maximum Gasteiger partial charge on any atom is 0.316 e. The van der Waals surface area contributed by atoms with Crippen LogP contribution in [0.2, 0.25) is 0 Å². The monoisotopic (exact) mass is 450 g/mol. The van der Waals surface area contributed by atoms with Crippen molar-refractivity contribution in [2.24, 2.45) is 0 Å². The topological polar surface area (TPSA) is 67.9 Å². The lowest BCUT2D eigenvalue weighted by Crippen LogP contribution is -2.35. The number of nitrogens with one attached hydrogen (secondary N) is 1. The molecule has 1 aliphatic rings. The van der Waals surface area contributed by atoms with Crippen molar-refractivity contribution in [3.63, 3.8) is 0 Å². The van der Waals surface area contributed by atoms with Gasteiger partial charge in [-0.1, -0.05) is 42.5 Å². The normalized spacial score (nSPS) is 14.2. The quantitative estimate of drug-likeness (QED) is 0.414. The maximum absolute atomic E-state index is 12.1. The van der Waals surface area contributed by atoms with Crippen LogP contribution in [0.3, 0.4) is 0 Å². The Morgan fingerprint density at radius 2 is 1.72 bits per heavy atom. The van der Waals surface area contributed by atoms with Gasteiger partial charge in [0.25, 0.3) is 5.91 Å². The highest BCUT2D eigenvalue weighted by Gasteiger charge is 2.12. The second-order valence-electron chi connectivity index (χ2n) is 7.59. The van der Waals surface area contributed by atoms with Crippen molar-refractivity contribution in [2.45, 2.75) is 11.4 Å². The number of nitrogens with zero attached hydrogens (tertiary/aromatic N) is 1. The van der Waals surface area contributed by atoms with Crippen molar-refractivity contribution in [2.75, 3.05) is 44.0 Å². The van der Waals surface area contributed by atoms with Gasteiger partial charge >= 0.3 is 5.97 Å². The number of benzene rings is 3. The predicted octanol–water partition coefficient (Wildman–Crippen LogP) is 3.95. The van der Waals surface area contributed by atoms with Gasteiger partial charge in [0, 0.05) is 30.2 Å². The molecule has 1 fully saturated rings. The molecule has 1 N–H and O–H groups in total. The number of anilines is 1. The zero-order chi connectivity index (χ0) is 22.2. The first-order valence-corrected chi connectivity index (χ1v) is 11.6. The third-order valence-corrected chi connectivity index (χ3v) is 6.16. The number of rotatable bonds is 8. The SMILES string of the molecule is O=C(COC(=O)CSc1ccc2ccccc2c1)Nc1ccc(CN2CCOCC2)cc1. The molecule has 6 nitrogen and oxygen atoms in total. The summed E-state index contributed by atoms with van der Waals surface area (Å²) in [5.74, 6) is -0.615. The van der Waals surface area contributed by atoms with Crippen molar-refractivity contribution in [1.29, 1.82) is 0 Å². The number of amides is 1. The third-order valence-electron chi connectivity index (χ3n) is 5.19. The largest absolute Gasteiger partial charge is 0.455 e. The molecule has 0 atom stereocenters. The standard InChI is InChI=1S/C25H26N2O4S/c28-24(26-22-8-5-19(6-9-22)16-27-11-13-30-14-12-27)17-31-25(29)18-32-23-10-7-20-3-1-2-4-21(20)15-23/h1-10,15H,11-14,16-18H2,(H,26,28). The molecule has 1 aliphatic heterocycles. The molecule has 0 aromatic heterocycles. The van der Waals surface area contributed by atoms with Crippen molar-refractivity contribution >= 4 is 40.1 Å². The molecular formula is C25H26N2O4S. The van der Waals surface area contributed by atoms with E-state index < -0.39 is 5.97 Å². The lowest BCUT2D eigenvalue weighted by molar-refractivity contribution is -0.144. The van der Waals surface area contributed by atoms with E-state index in [4.69, 9.17) is 9.47 Å². The van der Waals surface area contributed by atoms with E-state index in [1.807, 2.05) is 66.7 Å². The molecule has 0 spiro atoms. The van der Waals surface area contributed by atoms with E-state index >= 15 is 0 Å². The average molecular weight is 451 g/mol. The Morgan fingerprint density at radius 3 is 2.50 bits per heavy atom. The molecule has 32 heavy (non-hydrogen) atoms. The van der Waals surface area contributed by atoms with Gasteiger partial charge in [0.1, 0.15) is 0 Å². The first kappa shape index (κ1) is 22.3. The number of ether oxygens (including phenoxy) is 2. The molecule has 0 radical (unpaired) electrons. The molecule has 0 unspecified atom stereocenters. The Kier molecular flexibility index (Phi) is 7.77. The minimum Gasteiger partial charge on any atom is -0.455 e. The molecule has 3 aromatic carbocycles. The predicted molar refractivity (Wildman–Crippen MR) is 127 cm³/mol. The van der Waals surface area contributed by atoms with Gasteiger partial charge in [0.15, 0.2) is 6.61 Å². The number of thioether (sulfide) groups is 1. The summed E-state index contributed by atoms with van der Waals surface area (Å²) in [5.41, 5.74) is 1.87. The van der Waals surface area contributed by atoms with E-state index in [1.54, 1.807) is 0 Å². The van der Waals surface area contributed by atoms with Gasteiger partial charge in [-0.25, -0.2) is 0 Å². The van der Waals surface area contributed by atoms with Gasteiger partial charge < -0.3 is 14.8 Å². The first-order chi connectivity index (χ1) is 15.7. The number of esters is 1. The van der Waals surface area contributed by atoms with Gasteiger partial charge in [-0.3, -0.25) is 14.5 Å². The molecule has 3 aromatic rings. The number of hydrogen-bond acceptors (Lipinski definition) is 6.